The smallest absolute Gasteiger partial charge is 0.223 e. The normalized spacial score (nSPS) is 11.1. The van der Waals surface area contributed by atoms with Gasteiger partial charge in [-0.1, -0.05) is 23.1 Å². The summed E-state index contributed by atoms with van der Waals surface area (Å²) in [6.07, 6.45) is 5.12. The first-order valence-corrected chi connectivity index (χ1v) is 11.2. The van der Waals surface area contributed by atoms with Crippen molar-refractivity contribution in [1.82, 2.24) is 30.2 Å². The van der Waals surface area contributed by atoms with Crippen molar-refractivity contribution in [1.29, 1.82) is 0 Å². The monoisotopic (exact) mass is 465 g/mol. The maximum Gasteiger partial charge on any atom is 0.223 e. The first kappa shape index (κ1) is 23.1. The molecule has 3 aromatic rings. The van der Waals surface area contributed by atoms with E-state index in [1.54, 1.807) is 17.1 Å². The number of carbonyl (C=O) groups is 1. The van der Waals surface area contributed by atoms with Gasteiger partial charge in [0.15, 0.2) is 4.34 Å². The average Bonchev–Trinajstić information content (AvgIpc) is 3.41. The quantitative estimate of drug-likeness (QED) is 0.135. The Morgan fingerprint density at radius 3 is 2.94 bits per heavy atom. The van der Waals surface area contributed by atoms with Crippen LogP contribution in [0.2, 0.25) is 0 Å². The Balaban J connectivity index is 1.63. The lowest BCUT2D eigenvalue weighted by molar-refractivity contribution is -0.356. The van der Waals surface area contributed by atoms with Crippen LogP contribution in [0, 0.1) is 0 Å². The number of hydrogen-bond donors (Lipinski definition) is 2. The number of nitrogens with one attached hydrogen (secondary N) is 2. The molecule has 166 valence electrons. The SMILES string of the molecule is CC(=O)Nc1nnc(SCc2ccc(-n3ccnc3)nc2OCCNOOC(C)C)s1. The molecule has 0 aliphatic heterocycles. The van der Waals surface area contributed by atoms with Crippen molar-refractivity contribution < 1.29 is 19.4 Å². The molecule has 11 nitrogen and oxygen atoms in total. The molecule has 0 radical (unpaired) electrons. The highest BCUT2D eigenvalue weighted by atomic mass is 32.2. The minimum atomic E-state index is -0.181. The predicted molar refractivity (Wildman–Crippen MR) is 116 cm³/mol. The van der Waals surface area contributed by atoms with Crippen LogP contribution < -0.4 is 15.5 Å². The van der Waals surface area contributed by atoms with Crippen LogP contribution in [0.25, 0.3) is 5.82 Å². The number of thioether (sulfide) groups is 1. The summed E-state index contributed by atoms with van der Waals surface area (Å²) < 4.78 is 8.41. The summed E-state index contributed by atoms with van der Waals surface area (Å²) in [5.41, 5.74) is 3.57. The summed E-state index contributed by atoms with van der Waals surface area (Å²) in [6.45, 7) is 5.90. The molecule has 0 fully saturated rings. The third-order valence-corrected chi connectivity index (χ3v) is 5.50. The summed E-state index contributed by atoms with van der Waals surface area (Å²) in [5.74, 6) is 1.58. The molecule has 1 amide bonds. The maximum absolute atomic E-state index is 11.1. The van der Waals surface area contributed by atoms with Crippen LogP contribution in [0.3, 0.4) is 0 Å². The van der Waals surface area contributed by atoms with Gasteiger partial charge in [-0.05, 0) is 26.0 Å². The van der Waals surface area contributed by atoms with E-state index in [1.165, 1.54) is 30.0 Å². The molecule has 31 heavy (non-hydrogen) atoms. The Hall–Kier alpha value is -2.58. The third-order valence-electron chi connectivity index (χ3n) is 3.48. The van der Waals surface area contributed by atoms with Gasteiger partial charge in [0, 0.05) is 30.6 Å². The topological polar surface area (TPSA) is 125 Å². The number of imidazole rings is 1. The molecule has 3 heterocycles. The summed E-state index contributed by atoms with van der Waals surface area (Å²) in [4.78, 5) is 29.6. The average molecular weight is 466 g/mol. The maximum atomic E-state index is 11.1. The number of carbonyl (C=O) groups excluding carboxylic acids is 1. The van der Waals surface area contributed by atoms with E-state index in [0.29, 0.717) is 35.7 Å². The van der Waals surface area contributed by atoms with E-state index < -0.39 is 0 Å². The van der Waals surface area contributed by atoms with Gasteiger partial charge in [-0.3, -0.25) is 9.36 Å². The zero-order valence-corrected chi connectivity index (χ0v) is 18.9. The fourth-order valence-corrected chi connectivity index (χ4v) is 3.97. The lowest BCUT2D eigenvalue weighted by Crippen LogP contribution is -2.23. The zero-order chi connectivity index (χ0) is 22.1. The number of amides is 1. The molecule has 0 aromatic carbocycles. The second-order valence-electron chi connectivity index (χ2n) is 6.42. The molecular formula is C18H23N7O4S2. The van der Waals surface area contributed by atoms with Crippen LogP contribution in [0.15, 0.2) is 35.2 Å². The van der Waals surface area contributed by atoms with E-state index in [4.69, 9.17) is 14.6 Å². The molecule has 0 saturated carbocycles. The van der Waals surface area contributed by atoms with Gasteiger partial charge in [-0.25, -0.2) is 9.87 Å². The Morgan fingerprint density at radius 1 is 1.32 bits per heavy atom. The van der Waals surface area contributed by atoms with E-state index >= 15 is 0 Å². The number of ether oxygens (including phenoxy) is 1. The molecule has 0 aliphatic carbocycles. The van der Waals surface area contributed by atoms with Crippen LogP contribution in [-0.2, 0) is 20.4 Å². The Kier molecular flexibility index (Phi) is 8.73. The fraction of sp³-hybridized carbons (Fsp3) is 0.389. The fourth-order valence-electron chi connectivity index (χ4n) is 2.20. The lowest BCUT2D eigenvalue weighted by atomic mass is 10.3. The number of hydrogen-bond acceptors (Lipinski definition) is 11. The predicted octanol–water partition coefficient (Wildman–Crippen LogP) is 2.61. The summed E-state index contributed by atoms with van der Waals surface area (Å²) in [5, 5.41) is 11.1. The van der Waals surface area contributed by atoms with Crippen LogP contribution in [0.4, 0.5) is 5.13 Å². The van der Waals surface area contributed by atoms with Crippen molar-refractivity contribution in [3.05, 3.63) is 36.4 Å². The van der Waals surface area contributed by atoms with Crippen molar-refractivity contribution in [3.63, 3.8) is 0 Å². The highest BCUT2D eigenvalue weighted by molar-refractivity contribution is 8.00. The molecule has 3 aromatic heterocycles. The number of hydroxylamine groups is 1. The van der Waals surface area contributed by atoms with Crippen LogP contribution in [-0.4, -0.2) is 49.9 Å². The molecule has 0 aliphatic rings. The van der Waals surface area contributed by atoms with Crippen LogP contribution >= 0.6 is 23.1 Å². The second kappa shape index (κ2) is 11.7. The van der Waals surface area contributed by atoms with Crippen LogP contribution in [0.1, 0.15) is 26.3 Å². The van der Waals surface area contributed by atoms with Crippen molar-refractivity contribution in [3.8, 4) is 11.7 Å². The second-order valence-corrected chi connectivity index (χ2v) is 8.62. The molecule has 3 rings (SSSR count). The minimum Gasteiger partial charge on any atom is -0.476 e. The lowest BCUT2D eigenvalue weighted by Gasteiger charge is -2.12. The number of pyridine rings is 1. The number of rotatable bonds is 12. The van der Waals surface area contributed by atoms with Gasteiger partial charge in [0.2, 0.25) is 16.9 Å². The number of anilines is 1. The van der Waals surface area contributed by atoms with Crippen molar-refractivity contribution in [2.24, 2.45) is 0 Å². The Bertz CT molecular complexity index is 966. The Labute approximate surface area is 187 Å². The van der Waals surface area contributed by atoms with Crippen molar-refractivity contribution in [2.75, 3.05) is 18.5 Å². The molecule has 0 spiro atoms. The highest BCUT2D eigenvalue weighted by Crippen LogP contribution is 2.31. The molecular weight excluding hydrogens is 442 g/mol. The first-order valence-electron chi connectivity index (χ1n) is 9.41. The van der Waals surface area contributed by atoms with Gasteiger partial charge in [-0.2, -0.15) is 10.5 Å². The largest absolute Gasteiger partial charge is 0.476 e. The number of aromatic nitrogens is 5. The highest BCUT2D eigenvalue weighted by Gasteiger charge is 2.12. The van der Waals surface area contributed by atoms with Gasteiger partial charge in [0.1, 0.15) is 18.8 Å². The number of nitrogens with zero attached hydrogens (tertiary/aromatic N) is 5. The standard InChI is InChI=1S/C18H23N7O4S2/c1-12(2)28-29-20-7-9-27-16-14(4-5-15(22-16)25-8-6-19-11-25)10-30-18-24-23-17(31-18)21-13(3)26/h4-6,8,11-12,20H,7,9-10H2,1-3H3,(H,21,23,26). The van der Waals surface area contributed by atoms with Crippen LogP contribution in [0.5, 0.6) is 5.88 Å². The van der Waals surface area contributed by atoms with Gasteiger partial charge in [-0.15, -0.1) is 15.2 Å². The molecule has 2 N–H and O–H groups in total. The van der Waals surface area contributed by atoms with E-state index in [-0.39, 0.29) is 12.0 Å². The van der Waals surface area contributed by atoms with Crippen molar-refractivity contribution >= 4 is 34.1 Å². The van der Waals surface area contributed by atoms with E-state index in [9.17, 15) is 4.79 Å². The third kappa shape index (κ3) is 7.56. The summed E-state index contributed by atoms with van der Waals surface area (Å²) in [6, 6.07) is 3.84. The van der Waals surface area contributed by atoms with Gasteiger partial charge in [0.25, 0.3) is 0 Å². The zero-order valence-electron chi connectivity index (χ0n) is 17.3. The minimum absolute atomic E-state index is 0.0444. The van der Waals surface area contributed by atoms with Gasteiger partial charge >= 0.3 is 0 Å². The molecule has 0 atom stereocenters. The van der Waals surface area contributed by atoms with Crippen molar-refractivity contribution in [2.45, 2.75) is 37.0 Å². The summed E-state index contributed by atoms with van der Waals surface area (Å²) >= 11 is 2.80. The van der Waals surface area contributed by atoms with Gasteiger partial charge in [0.05, 0.1) is 12.6 Å². The first-order chi connectivity index (χ1) is 15.0. The molecule has 0 saturated heterocycles. The summed E-state index contributed by atoms with van der Waals surface area (Å²) in [7, 11) is 0. The molecule has 13 heteroatoms. The van der Waals surface area contributed by atoms with E-state index in [0.717, 1.165) is 9.90 Å². The van der Waals surface area contributed by atoms with E-state index in [1.807, 2.05) is 32.2 Å². The van der Waals surface area contributed by atoms with Gasteiger partial charge < -0.3 is 10.1 Å². The Morgan fingerprint density at radius 2 is 2.19 bits per heavy atom. The van der Waals surface area contributed by atoms with E-state index in [2.05, 4.69) is 31.0 Å². The molecule has 0 unspecified atom stereocenters. The molecule has 0 bridgehead atoms.